The van der Waals surface area contributed by atoms with E-state index in [-0.39, 0.29) is 18.4 Å². The highest BCUT2D eigenvalue weighted by atomic mass is 16.5. The van der Waals surface area contributed by atoms with Gasteiger partial charge in [-0.1, -0.05) is 25.0 Å². The van der Waals surface area contributed by atoms with Crippen LogP contribution in [-0.4, -0.2) is 22.7 Å². The molecule has 1 aliphatic rings. The predicted molar refractivity (Wildman–Crippen MR) is 86.8 cm³/mol. The summed E-state index contributed by atoms with van der Waals surface area (Å²) in [5.74, 6) is 0.718. The minimum Gasteiger partial charge on any atom is -0.491 e. The molecule has 4 nitrogen and oxygen atoms in total. The standard InChI is InChI=1S/C18H27NO3/c1-13(2)22-16-10-14(3)6-7-15(16)12-19-17(20)11-18(21)8-4-5-9-18/h6-7,10,13,21H,4-5,8-9,11-12H2,1-3H3,(H,19,20). The van der Waals surface area contributed by atoms with Crippen molar-refractivity contribution in [1.82, 2.24) is 5.32 Å². The second kappa shape index (κ2) is 7.14. The van der Waals surface area contributed by atoms with Crippen LogP contribution in [0, 0.1) is 6.92 Å². The first kappa shape index (κ1) is 16.8. The molecule has 0 bridgehead atoms. The van der Waals surface area contributed by atoms with E-state index in [2.05, 4.69) is 5.32 Å². The van der Waals surface area contributed by atoms with Crippen molar-refractivity contribution in [3.05, 3.63) is 29.3 Å². The Morgan fingerprint density at radius 1 is 1.36 bits per heavy atom. The van der Waals surface area contributed by atoms with Gasteiger partial charge in [0.1, 0.15) is 5.75 Å². The van der Waals surface area contributed by atoms with Gasteiger partial charge in [-0.25, -0.2) is 0 Å². The van der Waals surface area contributed by atoms with Crippen molar-refractivity contribution in [2.45, 2.75) is 71.1 Å². The molecule has 2 rings (SSSR count). The van der Waals surface area contributed by atoms with Crippen LogP contribution in [0.2, 0.25) is 0 Å². The zero-order valence-corrected chi connectivity index (χ0v) is 13.8. The van der Waals surface area contributed by atoms with Gasteiger partial charge in [0.2, 0.25) is 5.91 Å². The monoisotopic (exact) mass is 305 g/mol. The van der Waals surface area contributed by atoms with Crippen LogP contribution in [0.4, 0.5) is 0 Å². The van der Waals surface area contributed by atoms with Crippen LogP contribution in [0.15, 0.2) is 18.2 Å². The fourth-order valence-corrected chi connectivity index (χ4v) is 2.94. The number of aliphatic hydroxyl groups is 1. The Hall–Kier alpha value is -1.55. The van der Waals surface area contributed by atoms with Gasteiger partial charge in [-0.2, -0.15) is 0 Å². The summed E-state index contributed by atoms with van der Waals surface area (Å²) in [6.45, 7) is 6.42. The number of nitrogens with one attached hydrogen (secondary N) is 1. The molecule has 1 saturated carbocycles. The molecule has 1 aliphatic carbocycles. The number of carbonyl (C=O) groups excluding carboxylic acids is 1. The van der Waals surface area contributed by atoms with Crippen LogP contribution < -0.4 is 10.1 Å². The molecule has 22 heavy (non-hydrogen) atoms. The summed E-state index contributed by atoms with van der Waals surface area (Å²) in [6.07, 6.45) is 3.76. The van der Waals surface area contributed by atoms with E-state index in [0.717, 1.165) is 42.6 Å². The third-order valence-electron chi connectivity index (χ3n) is 4.09. The van der Waals surface area contributed by atoms with Gasteiger partial charge in [-0.15, -0.1) is 0 Å². The molecule has 1 aromatic rings. The minimum atomic E-state index is -0.797. The van der Waals surface area contributed by atoms with Crippen molar-refractivity contribution < 1.29 is 14.6 Å². The van der Waals surface area contributed by atoms with Gasteiger partial charge in [0.15, 0.2) is 0 Å². The molecule has 0 radical (unpaired) electrons. The van der Waals surface area contributed by atoms with Gasteiger partial charge < -0.3 is 15.2 Å². The topological polar surface area (TPSA) is 58.6 Å². The molecule has 0 aliphatic heterocycles. The van der Waals surface area contributed by atoms with Gasteiger partial charge in [0, 0.05) is 12.1 Å². The van der Waals surface area contributed by atoms with Crippen LogP contribution in [0.5, 0.6) is 5.75 Å². The second-order valence-electron chi connectivity index (χ2n) is 6.66. The third kappa shape index (κ3) is 4.73. The number of aryl methyl sites for hydroxylation is 1. The Kier molecular flexibility index (Phi) is 5.46. The largest absolute Gasteiger partial charge is 0.491 e. The Balaban J connectivity index is 1.94. The van der Waals surface area contributed by atoms with Crippen LogP contribution >= 0.6 is 0 Å². The summed E-state index contributed by atoms with van der Waals surface area (Å²) in [4.78, 5) is 12.1. The highest BCUT2D eigenvalue weighted by molar-refractivity contribution is 5.77. The van der Waals surface area contributed by atoms with Gasteiger partial charge in [0.25, 0.3) is 0 Å². The fraction of sp³-hybridized carbons (Fsp3) is 0.611. The molecule has 0 heterocycles. The van der Waals surface area contributed by atoms with Gasteiger partial charge in [-0.3, -0.25) is 4.79 Å². The summed E-state index contributed by atoms with van der Waals surface area (Å²) in [5, 5.41) is 13.2. The van der Waals surface area contributed by atoms with Gasteiger partial charge >= 0.3 is 0 Å². The lowest BCUT2D eigenvalue weighted by Gasteiger charge is -2.21. The highest BCUT2D eigenvalue weighted by Gasteiger charge is 2.33. The molecular weight excluding hydrogens is 278 g/mol. The van der Waals surface area contributed by atoms with Crippen molar-refractivity contribution >= 4 is 5.91 Å². The van der Waals surface area contributed by atoms with E-state index in [0.29, 0.717) is 6.54 Å². The molecule has 1 aromatic carbocycles. The maximum Gasteiger partial charge on any atom is 0.223 e. The zero-order valence-electron chi connectivity index (χ0n) is 13.8. The average molecular weight is 305 g/mol. The Bertz CT molecular complexity index is 519. The number of benzene rings is 1. The summed E-state index contributed by atoms with van der Waals surface area (Å²) >= 11 is 0. The number of hydrogen-bond donors (Lipinski definition) is 2. The predicted octanol–water partition coefficient (Wildman–Crippen LogP) is 3.09. The van der Waals surface area contributed by atoms with Crippen molar-refractivity contribution in [1.29, 1.82) is 0 Å². The second-order valence-corrected chi connectivity index (χ2v) is 6.66. The van der Waals surface area contributed by atoms with Crippen molar-refractivity contribution in [3.8, 4) is 5.75 Å². The molecule has 0 saturated heterocycles. The first-order valence-electron chi connectivity index (χ1n) is 8.13. The van der Waals surface area contributed by atoms with E-state index in [9.17, 15) is 9.90 Å². The van der Waals surface area contributed by atoms with E-state index in [4.69, 9.17) is 4.74 Å². The first-order valence-corrected chi connectivity index (χ1v) is 8.13. The molecule has 0 spiro atoms. The van der Waals surface area contributed by atoms with Crippen LogP contribution in [-0.2, 0) is 11.3 Å². The quantitative estimate of drug-likeness (QED) is 0.849. The van der Waals surface area contributed by atoms with Crippen LogP contribution in [0.1, 0.15) is 57.1 Å². The lowest BCUT2D eigenvalue weighted by atomic mass is 9.97. The molecule has 4 heteroatoms. The lowest BCUT2D eigenvalue weighted by molar-refractivity contribution is -0.126. The van der Waals surface area contributed by atoms with Crippen LogP contribution in [0.3, 0.4) is 0 Å². The van der Waals surface area contributed by atoms with E-state index in [1.165, 1.54) is 0 Å². The molecule has 1 fully saturated rings. The Labute approximate surface area is 132 Å². The normalized spacial score (nSPS) is 16.8. The van der Waals surface area contributed by atoms with E-state index >= 15 is 0 Å². The zero-order chi connectivity index (χ0) is 16.2. The highest BCUT2D eigenvalue weighted by Crippen LogP contribution is 2.32. The average Bonchev–Trinajstić information content (AvgIpc) is 2.83. The molecule has 0 atom stereocenters. The molecule has 0 unspecified atom stereocenters. The van der Waals surface area contributed by atoms with E-state index in [1.54, 1.807) is 0 Å². The van der Waals surface area contributed by atoms with Crippen molar-refractivity contribution in [3.63, 3.8) is 0 Å². The third-order valence-corrected chi connectivity index (χ3v) is 4.09. The summed E-state index contributed by atoms with van der Waals surface area (Å²) < 4.78 is 5.81. The Morgan fingerprint density at radius 2 is 2.05 bits per heavy atom. The number of hydrogen-bond acceptors (Lipinski definition) is 3. The van der Waals surface area contributed by atoms with Crippen molar-refractivity contribution in [2.75, 3.05) is 0 Å². The van der Waals surface area contributed by atoms with Crippen molar-refractivity contribution in [2.24, 2.45) is 0 Å². The van der Waals surface area contributed by atoms with E-state index < -0.39 is 5.60 Å². The molecule has 122 valence electrons. The molecule has 0 aromatic heterocycles. The van der Waals surface area contributed by atoms with Gasteiger partial charge in [0.05, 0.1) is 18.1 Å². The lowest BCUT2D eigenvalue weighted by Crippen LogP contribution is -2.34. The molecule has 2 N–H and O–H groups in total. The van der Waals surface area contributed by atoms with Crippen LogP contribution in [0.25, 0.3) is 0 Å². The number of amides is 1. The summed E-state index contributed by atoms with van der Waals surface area (Å²) in [6, 6.07) is 5.99. The molecule has 1 amide bonds. The maximum absolute atomic E-state index is 12.1. The maximum atomic E-state index is 12.1. The Morgan fingerprint density at radius 3 is 2.68 bits per heavy atom. The number of rotatable bonds is 6. The number of ether oxygens (including phenoxy) is 1. The fourth-order valence-electron chi connectivity index (χ4n) is 2.94. The SMILES string of the molecule is Cc1ccc(CNC(=O)CC2(O)CCCC2)c(OC(C)C)c1. The van der Waals surface area contributed by atoms with E-state index in [1.807, 2.05) is 39.0 Å². The smallest absolute Gasteiger partial charge is 0.223 e. The minimum absolute atomic E-state index is 0.0930. The molecular formula is C18H27NO3. The summed E-state index contributed by atoms with van der Waals surface area (Å²) in [7, 11) is 0. The van der Waals surface area contributed by atoms with Gasteiger partial charge in [-0.05, 0) is 45.2 Å². The first-order chi connectivity index (χ1) is 10.4. The number of carbonyl (C=O) groups is 1. The summed E-state index contributed by atoms with van der Waals surface area (Å²) in [5.41, 5.74) is 1.30.